The smallest absolute Gasteiger partial charge is 0.416 e. The first-order chi connectivity index (χ1) is 9.36. The average molecular weight is 304 g/mol. The van der Waals surface area contributed by atoms with Crippen LogP contribution in [-0.2, 0) is 12.6 Å². The van der Waals surface area contributed by atoms with Crippen LogP contribution >= 0.6 is 11.6 Å². The zero-order chi connectivity index (χ0) is 14.8. The van der Waals surface area contributed by atoms with Gasteiger partial charge in [-0.25, -0.2) is 0 Å². The minimum absolute atomic E-state index is 0.109. The van der Waals surface area contributed by atoms with Crippen LogP contribution in [0.25, 0.3) is 0 Å². The first-order valence-corrected chi connectivity index (χ1v) is 6.39. The SMILES string of the molecule is CC(Cc1ccco1)Nc1cc(C(F)(F)F)ccc1Cl. The molecule has 0 saturated carbocycles. The van der Waals surface area contributed by atoms with E-state index in [1.165, 1.54) is 6.07 Å². The van der Waals surface area contributed by atoms with Crippen molar-refractivity contribution < 1.29 is 17.6 Å². The van der Waals surface area contributed by atoms with Gasteiger partial charge >= 0.3 is 6.18 Å². The summed E-state index contributed by atoms with van der Waals surface area (Å²) in [6.45, 7) is 1.85. The standard InChI is InChI=1S/C14H13ClF3NO/c1-9(7-11-3-2-6-20-11)19-13-8-10(14(16,17)18)4-5-12(13)15/h2-6,8-9,19H,7H2,1H3. The van der Waals surface area contributed by atoms with Crippen LogP contribution in [0, 0.1) is 0 Å². The summed E-state index contributed by atoms with van der Waals surface area (Å²) < 4.78 is 43.2. The van der Waals surface area contributed by atoms with Gasteiger partial charge in [0.1, 0.15) is 5.76 Å². The van der Waals surface area contributed by atoms with Crippen molar-refractivity contribution in [1.82, 2.24) is 0 Å². The van der Waals surface area contributed by atoms with Crippen LogP contribution in [0.4, 0.5) is 18.9 Å². The van der Waals surface area contributed by atoms with Crippen molar-refractivity contribution in [1.29, 1.82) is 0 Å². The van der Waals surface area contributed by atoms with Crippen LogP contribution in [0.15, 0.2) is 41.0 Å². The highest BCUT2D eigenvalue weighted by Gasteiger charge is 2.31. The maximum Gasteiger partial charge on any atom is 0.416 e. The summed E-state index contributed by atoms with van der Waals surface area (Å²) in [5, 5.41) is 3.22. The first kappa shape index (κ1) is 14.8. The van der Waals surface area contributed by atoms with E-state index in [9.17, 15) is 13.2 Å². The number of halogens is 4. The third kappa shape index (κ3) is 3.70. The molecule has 108 valence electrons. The van der Waals surface area contributed by atoms with E-state index >= 15 is 0 Å². The normalized spacial score (nSPS) is 13.2. The van der Waals surface area contributed by atoms with Crippen molar-refractivity contribution in [2.24, 2.45) is 0 Å². The maximum absolute atomic E-state index is 12.7. The lowest BCUT2D eigenvalue weighted by Crippen LogP contribution is -2.18. The molecule has 0 aliphatic rings. The highest BCUT2D eigenvalue weighted by Crippen LogP contribution is 2.34. The zero-order valence-corrected chi connectivity index (χ0v) is 11.4. The molecule has 0 radical (unpaired) electrons. The molecular weight excluding hydrogens is 291 g/mol. The molecule has 0 saturated heterocycles. The van der Waals surface area contributed by atoms with Gasteiger partial charge in [-0.2, -0.15) is 13.2 Å². The molecular formula is C14H13ClF3NO. The van der Waals surface area contributed by atoms with Gasteiger partial charge in [-0.3, -0.25) is 0 Å². The molecule has 6 heteroatoms. The molecule has 1 heterocycles. The Kier molecular flexibility index (Phi) is 4.28. The predicted molar refractivity (Wildman–Crippen MR) is 72.0 cm³/mol. The van der Waals surface area contributed by atoms with Crippen LogP contribution in [0.1, 0.15) is 18.2 Å². The molecule has 0 aliphatic heterocycles. The second-order valence-corrected chi connectivity index (χ2v) is 4.93. The molecule has 0 spiro atoms. The Morgan fingerprint density at radius 3 is 2.65 bits per heavy atom. The Morgan fingerprint density at radius 2 is 2.05 bits per heavy atom. The maximum atomic E-state index is 12.7. The molecule has 1 aromatic carbocycles. The number of furan rings is 1. The van der Waals surface area contributed by atoms with Gasteiger partial charge in [-0.05, 0) is 37.3 Å². The lowest BCUT2D eigenvalue weighted by molar-refractivity contribution is -0.137. The summed E-state index contributed by atoms with van der Waals surface area (Å²) >= 11 is 5.92. The molecule has 0 bridgehead atoms. The molecule has 2 rings (SSSR count). The number of hydrogen-bond donors (Lipinski definition) is 1. The Hall–Kier alpha value is -1.62. The number of anilines is 1. The summed E-state index contributed by atoms with van der Waals surface area (Å²) in [7, 11) is 0. The lowest BCUT2D eigenvalue weighted by Gasteiger charge is -2.17. The highest BCUT2D eigenvalue weighted by atomic mass is 35.5. The molecule has 1 aromatic heterocycles. The van der Waals surface area contributed by atoms with E-state index in [-0.39, 0.29) is 16.8 Å². The third-order valence-corrected chi connectivity index (χ3v) is 3.11. The van der Waals surface area contributed by atoms with Crippen molar-refractivity contribution in [3.63, 3.8) is 0 Å². The van der Waals surface area contributed by atoms with E-state index < -0.39 is 11.7 Å². The van der Waals surface area contributed by atoms with Crippen LogP contribution in [0.3, 0.4) is 0 Å². The number of alkyl halides is 3. The second-order valence-electron chi connectivity index (χ2n) is 4.52. The number of hydrogen-bond acceptors (Lipinski definition) is 2. The van der Waals surface area contributed by atoms with Gasteiger partial charge in [0, 0.05) is 12.5 Å². The minimum Gasteiger partial charge on any atom is -0.469 e. The number of rotatable bonds is 4. The topological polar surface area (TPSA) is 25.2 Å². The lowest BCUT2D eigenvalue weighted by atomic mass is 10.1. The van der Waals surface area contributed by atoms with Gasteiger partial charge in [-0.1, -0.05) is 11.6 Å². The third-order valence-electron chi connectivity index (χ3n) is 2.78. The molecule has 1 atom stereocenters. The van der Waals surface area contributed by atoms with Crippen LogP contribution in [0.5, 0.6) is 0 Å². The molecule has 0 fully saturated rings. The van der Waals surface area contributed by atoms with E-state index in [0.29, 0.717) is 6.42 Å². The van der Waals surface area contributed by atoms with Crippen molar-refractivity contribution in [2.45, 2.75) is 25.6 Å². The summed E-state index contributed by atoms with van der Waals surface area (Å²) in [6, 6.07) is 6.69. The van der Waals surface area contributed by atoms with Crippen LogP contribution in [-0.4, -0.2) is 6.04 Å². The Morgan fingerprint density at radius 1 is 1.30 bits per heavy atom. The summed E-state index contributed by atoms with van der Waals surface area (Å²) in [6.07, 6.45) is -2.27. The van der Waals surface area contributed by atoms with Crippen LogP contribution < -0.4 is 5.32 Å². The molecule has 2 aromatic rings. The van der Waals surface area contributed by atoms with Gasteiger partial charge in [-0.15, -0.1) is 0 Å². The predicted octanol–water partition coefficient (Wildman–Crippen LogP) is 4.99. The monoisotopic (exact) mass is 303 g/mol. The van der Waals surface area contributed by atoms with Gasteiger partial charge < -0.3 is 9.73 Å². The molecule has 1 N–H and O–H groups in total. The van der Waals surface area contributed by atoms with E-state index in [4.69, 9.17) is 16.0 Å². The van der Waals surface area contributed by atoms with E-state index in [2.05, 4.69) is 5.32 Å². The fourth-order valence-corrected chi connectivity index (χ4v) is 2.03. The van der Waals surface area contributed by atoms with Gasteiger partial charge in [0.25, 0.3) is 0 Å². The van der Waals surface area contributed by atoms with Crippen molar-refractivity contribution in [3.05, 3.63) is 52.9 Å². The minimum atomic E-state index is -4.38. The first-order valence-electron chi connectivity index (χ1n) is 6.02. The van der Waals surface area contributed by atoms with Gasteiger partial charge in [0.05, 0.1) is 22.5 Å². The second kappa shape index (κ2) is 5.79. The number of benzene rings is 1. The van der Waals surface area contributed by atoms with Gasteiger partial charge in [0.15, 0.2) is 0 Å². The highest BCUT2D eigenvalue weighted by molar-refractivity contribution is 6.33. The van der Waals surface area contributed by atoms with E-state index in [0.717, 1.165) is 17.9 Å². The average Bonchev–Trinajstić information content (AvgIpc) is 2.83. The molecule has 2 nitrogen and oxygen atoms in total. The Labute approximate surface area is 119 Å². The van der Waals surface area contributed by atoms with Crippen molar-refractivity contribution in [3.8, 4) is 0 Å². The van der Waals surface area contributed by atoms with E-state index in [1.54, 1.807) is 12.3 Å². The van der Waals surface area contributed by atoms with Crippen molar-refractivity contribution >= 4 is 17.3 Å². The van der Waals surface area contributed by atoms with Gasteiger partial charge in [0.2, 0.25) is 0 Å². The van der Waals surface area contributed by atoms with Crippen LogP contribution in [0.2, 0.25) is 5.02 Å². The quantitative estimate of drug-likeness (QED) is 0.860. The summed E-state index contributed by atoms with van der Waals surface area (Å²) in [5.41, 5.74) is -0.463. The summed E-state index contributed by atoms with van der Waals surface area (Å²) in [4.78, 5) is 0. The Bertz CT molecular complexity index is 566. The van der Waals surface area contributed by atoms with E-state index in [1.807, 2.05) is 13.0 Å². The molecule has 20 heavy (non-hydrogen) atoms. The fraction of sp³-hybridized carbons (Fsp3) is 0.286. The summed E-state index contributed by atoms with van der Waals surface area (Å²) in [5.74, 6) is 0.757. The Balaban J connectivity index is 2.12. The fourth-order valence-electron chi connectivity index (χ4n) is 1.86. The molecule has 0 aliphatic carbocycles. The molecule has 0 amide bonds. The largest absolute Gasteiger partial charge is 0.469 e. The number of nitrogens with one attached hydrogen (secondary N) is 1. The zero-order valence-electron chi connectivity index (χ0n) is 10.7. The van der Waals surface area contributed by atoms with Crippen molar-refractivity contribution in [2.75, 3.05) is 5.32 Å². The molecule has 1 unspecified atom stereocenters.